The van der Waals surface area contributed by atoms with Crippen LogP contribution in [0.3, 0.4) is 0 Å². The molecule has 8 nitrogen and oxygen atoms in total. The van der Waals surface area contributed by atoms with Gasteiger partial charge in [-0.25, -0.2) is 0 Å². The second-order valence-corrected chi connectivity index (χ2v) is 9.74. The normalized spacial score (nSPS) is 21.9. The quantitative estimate of drug-likeness (QED) is 0.130. The fourth-order valence-corrected chi connectivity index (χ4v) is 4.38. The van der Waals surface area contributed by atoms with E-state index in [1.807, 2.05) is 0 Å². The molecular formula is C27H50O8. The van der Waals surface area contributed by atoms with Gasteiger partial charge in [0.2, 0.25) is 0 Å². The lowest BCUT2D eigenvalue weighted by Crippen LogP contribution is -2.39. The number of hydrogen-bond acceptors (Lipinski definition) is 7. The highest BCUT2D eigenvalue weighted by Crippen LogP contribution is 2.26. The molecule has 1 unspecified atom stereocenters. The van der Waals surface area contributed by atoms with Gasteiger partial charge >= 0.3 is 11.9 Å². The van der Waals surface area contributed by atoms with Crippen LogP contribution in [-0.2, 0) is 23.8 Å². The Morgan fingerprint density at radius 2 is 1.26 bits per heavy atom. The molecule has 3 N–H and O–H groups in total. The van der Waals surface area contributed by atoms with Crippen LogP contribution in [0.2, 0.25) is 0 Å². The zero-order valence-electron chi connectivity index (χ0n) is 21.8. The summed E-state index contributed by atoms with van der Waals surface area (Å²) in [5.74, 6) is -1.84. The lowest BCUT2D eigenvalue weighted by Gasteiger charge is -2.21. The number of carboxylic acid groups (broad SMARTS) is 1. The molecule has 1 saturated heterocycles. The van der Waals surface area contributed by atoms with Gasteiger partial charge in [0.25, 0.3) is 0 Å². The van der Waals surface area contributed by atoms with Crippen molar-refractivity contribution in [3.63, 3.8) is 0 Å². The predicted octanol–water partition coefficient (Wildman–Crippen LogP) is 5.12. The highest BCUT2D eigenvalue weighted by Gasteiger charge is 2.46. The average Bonchev–Trinajstić information content (AvgIpc) is 3.14. The van der Waals surface area contributed by atoms with E-state index in [1.54, 1.807) is 0 Å². The van der Waals surface area contributed by atoms with Gasteiger partial charge in [-0.15, -0.1) is 0 Å². The van der Waals surface area contributed by atoms with Gasteiger partial charge in [0, 0.05) is 6.61 Å². The summed E-state index contributed by atoms with van der Waals surface area (Å²) in [7, 11) is 0. The minimum atomic E-state index is -1.22. The molecule has 0 aromatic carbocycles. The van der Waals surface area contributed by atoms with Crippen molar-refractivity contribution in [1.29, 1.82) is 0 Å². The van der Waals surface area contributed by atoms with Crippen LogP contribution in [0, 0.1) is 0 Å². The van der Waals surface area contributed by atoms with Crippen LogP contribution < -0.4 is 0 Å². The van der Waals surface area contributed by atoms with E-state index in [2.05, 4.69) is 6.92 Å². The Morgan fingerprint density at radius 1 is 0.771 bits per heavy atom. The largest absolute Gasteiger partial charge is 0.481 e. The zero-order chi connectivity index (χ0) is 25.7. The summed E-state index contributed by atoms with van der Waals surface area (Å²) in [6, 6.07) is 0. The van der Waals surface area contributed by atoms with E-state index in [0.717, 1.165) is 19.3 Å². The van der Waals surface area contributed by atoms with Crippen molar-refractivity contribution >= 4 is 11.9 Å². The summed E-state index contributed by atoms with van der Waals surface area (Å²) in [5, 5.41) is 28.3. The molecule has 1 heterocycles. The van der Waals surface area contributed by atoms with Gasteiger partial charge in [0.15, 0.2) is 12.4 Å². The molecule has 0 amide bonds. The van der Waals surface area contributed by atoms with Crippen molar-refractivity contribution < 1.29 is 39.1 Å². The van der Waals surface area contributed by atoms with E-state index in [9.17, 15) is 19.8 Å². The highest BCUT2D eigenvalue weighted by atomic mass is 16.7. The van der Waals surface area contributed by atoms with Gasteiger partial charge in [0.05, 0.1) is 19.4 Å². The molecule has 0 aliphatic carbocycles. The fourth-order valence-electron chi connectivity index (χ4n) is 4.38. The maximum absolute atomic E-state index is 11.9. The van der Waals surface area contributed by atoms with Gasteiger partial charge in [-0.3, -0.25) is 9.59 Å². The summed E-state index contributed by atoms with van der Waals surface area (Å²) in [5.41, 5.74) is 0. The molecule has 1 aliphatic heterocycles. The third-order valence-corrected chi connectivity index (χ3v) is 6.57. The summed E-state index contributed by atoms with van der Waals surface area (Å²) in [6.45, 7) is 2.23. The third-order valence-electron chi connectivity index (χ3n) is 6.57. The maximum atomic E-state index is 11.9. The number of aliphatic hydroxyl groups is 2. The molecule has 4 atom stereocenters. The number of esters is 1. The first-order valence-electron chi connectivity index (χ1n) is 14.0. The van der Waals surface area contributed by atoms with E-state index in [1.165, 1.54) is 83.5 Å². The minimum Gasteiger partial charge on any atom is -0.481 e. The monoisotopic (exact) mass is 502 g/mol. The summed E-state index contributed by atoms with van der Waals surface area (Å²) in [6.07, 6.45) is 15.7. The predicted molar refractivity (Wildman–Crippen MR) is 134 cm³/mol. The number of carboxylic acids is 1. The molecule has 0 saturated carbocycles. The van der Waals surface area contributed by atoms with Gasteiger partial charge < -0.3 is 29.5 Å². The molecular weight excluding hydrogens is 452 g/mol. The first kappa shape index (κ1) is 31.8. The first-order valence-corrected chi connectivity index (χ1v) is 14.0. The molecule has 1 aliphatic rings. The van der Waals surface area contributed by atoms with Crippen LogP contribution in [0.1, 0.15) is 122 Å². The summed E-state index contributed by atoms with van der Waals surface area (Å²) in [4.78, 5) is 22.5. The van der Waals surface area contributed by atoms with Crippen molar-refractivity contribution in [3.8, 4) is 0 Å². The lowest BCUT2D eigenvalue weighted by molar-refractivity contribution is -0.190. The zero-order valence-corrected chi connectivity index (χ0v) is 21.8. The van der Waals surface area contributed by atoms with Crippen molar-refractivity contribution in [2.24, 2.45) is 0 Å². The van der Waals surface area contributed by atoms with E-state index in [4.69, 9.17) is 19.3 Å². The summed E-state index contributed by atoms with van der Waals surface area (Å²) >= 11 is 0. The standard InChI is InChI=1S/C27H50O8/c1-2-3-4-5-6-7-8-9-10-11-12-13-14-15-16-17-20-33-27-26(25(32)22(21-28)34-27)35-24(31)19-18-23(29)30/h22,25-28,32H,2-21H2,1H3,(H,29,30)/t22-,25+,26-,27?/m1/s1. The smallest absolute Gasteiger partial charge is 0.306 e. The molecule has 206 valence electrons. The molecule has 0 radical (unpaired) electrons. The number of ether oxygens (including phenoxy) is 3. The molecule has 8 heteroatoms. The Kier molecular flexibility index (Phi) is 19.0. The molecule has 0 spiro atoms. The number of carbonyl (C=O) groups is 2. The van der Waals surface area contributed by atoms with Crippen LogP contribution in [0.5, 0.6) is 0 Å². The second kappa shape index (κ2) is 20.9. The van der Waals surface area contributed by atoms with Gasteiger partial charge in [-0.1, -0.05) is 103 Å². The Bertz CT molecular complexity index is 541. The van der Waals surface area contributed by atoms with Gasteiger partial charge in [0.1, 0.15) is 12.2 Å². The fraction of sp³-hybridized carbons (Fsp3) is 0.926. The Hall–Kier alpha value is -1.22. The average molecular weight is 503 g/mol. The van der Waals surface area contributed by atoms with Crippen LogP contribution in [0.15, 0.2) is 0 Å². The van der Waals surface area contributed by atoms with Crippen LogP contribution in [-0.4, -0.2) is 65.1 Å². The molecule has 0 aromatic heterocycles. The molecule has 1 rings (SSSR count). The van der Waals surface area contributed by atoms with E-state index in [0.29, 0.717) is 6.61 Å². The van der Waals surface area contributed by atoms with Gasteiger partial charge in [-0.2, -0.15) is 0 Å². The van der Waals surface area contributed by atoms with Crippen LogP contribution >= 0.6 is 0 Å². The van der Waals surface area contributed by atoms with Crippen molar-refractivity contribution in [2.45, 2.75) is 147 Å². The number of aliphatic carboxylic acids is 1. The molecule has 35 heavy (non-hydrogen) atoms. The first-order chi connectivity index (χ1) is 17.0. The Balaban J connectivity index is 2.03. The van der Waals surface area contributed by atoms with E-state index < -0.39 is 43.1 Å². The molecule has 0 bridgehead atoms. The number of aliphatic hydroxyl groups excluding tert-OH is 2. The number of hydrogen-bond donors (Lipinski definition) is 3. The topological polar surface area (TPSA) is 123 Å². The maximum Gasteiger partial charge on any atom is 0.306 e. The van der Waals surface area contributed by atoms with Crippen LogP contribution in [0.25, 0.3) is 0 Å². The molecule has 0 aromatic rings. The lowest BCUT2D eigenvalue weighted by atomic mass is 10.0. The minimum absolute atomic E-state index is 0.297. The Labute approximate surface area is 211 Å². The SMILES string of the molecule is CCCCCCCCCCCCCCCCCCOC1O[C@H](CO)[C@H](O)[C@H]1OC(=O)CCC(=O)O. The summed E-state index contributed by atoms with van der Waals surface area (Å²) < 4.78 is 16.3. The highest BCUT2D eigenvalue weighted by molar-refractivity contribution is 5.76. The molecule has 1 fully saturated rings. The van der Waals surface area contributed by atoms with E-state index in [-0.39, 0.29) is 12.8 Å². The van der Waals surface area contributed by atoms with Crippen molar-refractivity contribution in [2.75, 3.05) is 13.2 Å². The van der Waals surface area contributed by atoms with Crippen LogP contribution in [0.4, 0.5) is 0 Å². The number of carbonyl (C=O) groups excluding carboxylic acids is 1. The third kappa shape index (κ3) is 15.5. The van der Waals surface area contributed by atoms with Crippen molar-refractivity contribution in [1.82, 2.24) is 0 Å². The second-order valence-electron chi connectivity index (χ2n) is 9.74. The number of unbranched alkanes of at least 4 members (excludes halogenated alkanes) is 15. The number of rotatable bonds is 23. The van der Waals surface area contributed by atoms with Gasteiger partial charge in [-0.05, 0) is 6.42 Å². The Morgan fingerprint density at radius 3 is 1.71 bits per heavy atom. The van der Waals surface area contributed by atoms with Crippen molar-refractivity contribution in [3.05, 3.63) is 0 Å². The van der Waals surface area contributed by atoms with E-state index >= 15 is 0 Å².